The Bertz CT molecular complexity index is 324. The van der Waals surface area contributed by atoms with Crippen LogP contribution in [0.15, 0.2) is 12.4 Å². The van der Waals surface area contributed by atoms with Gasteiger partial charge in [0.2, 0.25) is 0 Å². The van der Waals surface area contributed by atoms with Gasteiger partial charge in [-0.1, -0.05) is 0 Å². The van der Waals surface area contributed by atoms with Crippen molar-refractivity contribution in [3.05, 3.63) is 12.4 Å². The average Bonchev–Trinajstić information content (AvgIpc) is 2.77. The van der Waals surface area contributed by atoms with E-state index in [4.69, 9.17) is 0 Å². The van der Waals surface area contributed by atoms with Crippen LogP contribution in [0.2, 0.25) is 0 Å². The Morgan fingerprint density at radius 1 is 1.38 bits per heavy atom. The Morgan fingerprint density at radius 2 is 2.06 bits per heavy atom. The van der Waals surface area contributed by atoms with Crippen molar-refractivity contribution < 1.29 is 0 Å². The zero-order valence-electron chi connectivity index (χ0n) is 10.5. The molecule has 0 saturated carbocycles. The lowest BCUT2D eigenvalue weighted by Gasteiger charge is -2.34. The SMILES string of the molecule is CNc1cnn(C2CCN(C(C)C)CC2)c1. The standard InChI is InChI=1S/C12H22N4/c1-10(2)15-6-4-12(5-7-15)16-9-11(13-3)8-14-16/h8-10,12-13H,4-7H2,1-3H3. The van der Waals surface area contributed by atoms with E-state index in [2.05, 4.69) is 40.0 Å². The Labute approximate surface area is 97.6 Å². The van der Waals surface area contributed by atoms with E-state index in [1.54, 1.807) is 0 Å². The number of aromatic nitrogens is 2. The molecule has 4 nitrogen and oxygen atoms in total. The van der Waals surface area contributed by atoms with Gasteiger partial charge in [0.25, 0.3) is 0 Å². The van der Waals surface area contributed by atoms with E-state index in [1.165, 1.54) is 25.9 Å². The molecular formula is C12H22N4. The van der Waals surface area contributed by atoms with Gasteiger partial charge in [-0.15, -0.1) is 0 Å². The van der Waals surface area contributed by atoms with Gasteiger partial charge in [0.05, 0.1) is 17.9 Å². The van der Waals surface area contributed by atoms with Crippen LogP contribution < -0.4 is 5.32 Å². The maximum absolute atomic E-state index is 4.42. The van der Waals surface area contributed by atoms with Gasteiger partial charge in [-0.2, -0.15) is 5.10 Å². The molecule has 90 valence electrons. The first kappa shape index (κ1) is 11.5. The number of anilines is 1. The van der Waals surface area contributed by atoms with E-state index < -0.39 is 0 Å². The summed E-state index contributed by atoms with van der Waals surface area (Å²) in [6, 6.07) is 1.25. The Kier molecular flexibility index (Phi) is 3.49. The quantitative estimate of drug-likeness (QED) is 0.849. The second kappa shape index (κ2) is 4.87. The highest BCUT2D eigenvalue weighted by Crippen LogP contribution is 2.23. The van der Waals surface area contributed by atoms with E-state index in [0.717, 1.165) is 5.69 Å². The van der Waals surface area contributed by atoms with Crippen LogP contribution in [0.1, 0.15) is 32.7 Å². The first-order chi connectivity index (χ1) is 7.70. The zero-order valence-corrected chi connectivity index (χ0v) is 10.5. The number of piperidine rings is 1. The Morgan fingerprint density at radius 3 is 2.56 bits per heavy atom. The molecule has 0 atom stereocenters. The second-order valence-corrected chi connectivity index (χ2v) is 4.82. The molecule has 2 rings (SSSR count). The monoisotopic (exact) mass is 222 g/mol. The number of likely N-dealkylation sites (tertiary alicyclic amines) is 1. The maximum Gasteiger partial charge on any atom is 0.0724 e. The van der Waals surface area contributed by atoms with E-state index in [0.29, 0.717) is 12.1 Å². The molecule has 0 bridgehead atoms. The lowest BCUT2D eigenvalue weighted by Crippen LogP contribution is -2.39. The fourth-order valence-corrected chi connectivity index (χ4v) is 2.33. The highest BCUT2D eigenvalue weighted by atomic mass is 15.3. The molecule has 0 amide bonds. The van der Waals surface area contributed by atoms with Gasteiger partial charge in [0.1, 0.15) is 0 Å². The van der Waals surface area contributed by atoms with E-state index in [1.807, 2.05) is 13.2 Å². The van der Waals surface area contributed by atoms with Crippen LogP contribution in [0.25, 0.3) is 0 Å². The molecule has 0 aromatic carbocycles. The van der Waals surface area contributed by atoms with Crippen LogP contribution in [0.4, 0.5) is 5.69 Å². The predicted octanol–water partition coefficient (Wildman–Crippen LogP) is 1.97. The summed E-state index contributed by atoms with van der Waals surface area (Å²) >= 11 is 0. The molecule has 1 fully saturated rings. The van der Waals surface area contributed by atoms with Gasteiger partial charge in [0, 0.05) is 32.4 Å². The first-order valence-corrected chi connectivity index (χ1v) is 6.16. The van der Waals surface area contributed by atoms with Gasteiger partial charge in [0.15, 0.2) is 0 Å². The molecule has 1 saturated heterocycles. The minimum atomic E-state index is 0.581. The van der Waals surface area contributed by atoms with Crippen LogP contribution >= 0.6 is 0 Å². The van der Waals surface area contributed by atoms with Crippen LogP contribution in [-0.2, 0) is 0 Å². The summed E-state index contributed by atoms with van der Waals surface area (Å²) in [6.07, 6.45) is 6.43. The number of rotatable bonds is 3. The molecule has 2 heterocycles. The summed E-state index contributed by atoms with van der Waals surface area (Å²) in [5, 5.41) is 7.54. The third kappa shape index (κ3) is 2.38. The van der Waals surface area contributed by atoms with Crippen molar-refractivity contribution in [2.45, 2.75) is 38.8 Å². The summed E-state index contributed by atoms with van der Waals surface area (Å²) in [5.74, 6) is 0. The van der Waals surface area contributed by atoms with Gasteiger partial charge < -0.3 is 10.2 Å². The minimum Gasteiger partial charge on any atom is -0.386 e. The van der Waals surface area contributed by atoms with E-state index in [9.17, 15) is 0 Å². The average molecular weight is 222 g/mol. The van der Waals surface area contributed by atoms with Gasteiger partial charge >= 0.3 is 0 Å². The van der Waals surface area contributed by atoms with Gasteiger partial charge in [-0.3, -0.25) is 4.68 Å². The van der Waals surface area contributed by atoms with Crippen molar-refractivity contribution in [2.24, 2.45) is 0 Å². The molecule has 4 heteroatoms. The van der Waals surface area contributed by atoms with Gasteiger partial charge in [-0.25, -0.2) is 0 Å². The molecule has 1 N–H and O–H groups in total. The highest BCUT2D eigenvalue weighted by Gasteiger charge is 2.22. The highest BCUT2D eigenvalue weighted by molar-refractivity contribution is 5.36. The first-order valence-electron chi connectivity index (χ1n) is 6.16. The summed E-state index contributed by atoms with van der Waals surface area (Å²) < 4.78 is 2.11. The topological polar surface area (TPSA) is 33.1 Å². The molecule has 1 aliphatic rings. The molecule has 0 spiro atoms. The third-order valence-corrected chi connectivity index (χ3v) is 3.49. The van der Waals surface area contributed by atoms with Crippen molar-refractivity contribution >= 4 is 5.69 Å². The van der Waals surface area contributed by atoms with Crippen molar-refractivity contribution in [1.82, 2.24) is 14.7 Å². The normalized spacial score (nSPS) is 19.2. The van der Waals surface area contributed by atoms with Crippen LogP contribution in [0.5, 0.6) is 0 Å². The number of hydrogen-bond donors (Lipinski definition) is 1. The molecule has 1 aromatic rings. The smallest absolute Gasteiger partial charge is 0.0724 e. The molecule has 1 aliphatic heterocycles. The Balaban J connectivity index is 1.93. The lowest BCUT2D eigenvalue weighted by atomic mass is 10.0. The Hall–Kier alpha value is -1.03. The van der Waals surface area contributed by atoms with E-state index in [-0.39, 0.29) is 0 Å². The van der Waals surface area contributed by atoms with Crippen molar-refractivity contribution in [3.63, 3.8) is 0 Å². The summed E-state index contributed by atoms with van der Waals surface area (Å²) in [5.41, 5.74) is 1.10. The maximum atomic E-state index is 4.42. The fourth-order valence-electron chi connectivity index (χ4n) is 2.33. The lowest BCUT2D eigenvalue weighted by molar-refractivity contribution is 0.147. The fraction of sp³-hybridized carbons (Fsp3) is 0.750. The molecule has 0 unspecified atom stereocenters. The summed E-state index contributed by atoms with van der Waals surface area (Å²) in [4.78, 5) is 2.54. The minimum absolute atomic E-state index is 0.581. The number of hydrogen-bond acceptors (Lipinski definition) is 3. The number of nitrogens with zero attached hydrogens (tertiary/aromatic N) is 3. The summed E-state index contributed by atoms with van der Waals surface area (Å²) in [6.45, 7) is 6.93. The van der Waals surface area contributed by atoms with Crippen LogP contribution in [-0.4, -0.2) is 40.9 Å². The molecular weight excluding hydrogens is 200 g/mol. The largest absolute Gasteiger partial charge is 0.386 e. The summed E-state index contributed by atoms with van der Waals surface area (Å²) in [7, 11) is 1.93. The van der Waals surface area contributed by atoms with Gasteiger partial charge in [-0.05, 0) is 26.7 Å². The van der Waals surface area contributed by atoms with Crippen LogP contribution in [0, 0.1) is 0 Å². The predicted molar refractivity (Wildman–Crippen MR) is 66.8 cm³/mol. The van der Waals surface area contributed by atoms with Crippen molar-refractivity contribution in [3.8, 4) is 0 Å². The molecule has 16 heavy (non-hydrogen) atoms. The van der Waals surface area contributed by atoms with Crippen molar-refractivity contribution in [2.75, 3.05) is 25.5 Å². The zero-order chi connectivity index (χ0) is 11.5. The molecule has 1 aromatic heterocycles. The third-order valence-electron chi connectivity index (χ3n) is 3.49. The molecule has 0 radical (unpaired) electrons. The number of nitrogens with one attached hydrogen (secondary N) is 1. The van der Waals surface area contributed by atoms with Crippen LogP contribution in [0.3, 0.4) is 0 Å². The van der Waals surface area contributed by atoms with Crippen molar-refractivity contribution in [1.29, 1.82) is 0 Å². The van der Waals surface area contributed by atoms with E-state index >= 15 is 0 Å². The second-order valence-electron chi connectivity index (χ2n) is 4.82. The molecule has 0 aliphatic carbocycles.